The lowest BCUT2D eigenvalue weighted by molar-refractivity contribution is -1.92. The zero-order chi connectivity index (χ0) is 10.2. The average Bonchev–Trinajstić information content (AvgIpc) is 2.47. The van der Waals surface area contributed by atoms with Gasteiger partial charge in [0.1, 0.15) is 10.2 Å². The standard InChI is InChI=1S/C8H8ClNO4/c11-9(12,13)14-10-6-5-7-3-1-2-4-8(7)10/h1-4H,5-6H2. The maximum Gasteiger partial charge on any atom is 0.210 e. The Morgan fingerprint density at radius 2 is 1.93 bits per heavy atom. The zero-order valence-electron chi connectivity index (χ0n) is 7.18. The molecule has 14 heavy (non-hydrogen) atoms. The predicted octanol–water partition coefficient (Wildman–Crippen LogP) is -2.12. The maximum absolute atomic E-state index is 10.3. The second-order valence-electron chi connectivity index (χ2n) is 2.93. The fourth-order valence-electron chi connectivity index (χ4n) is 1.48. The molecule has 0 aromatic heterocycles. The Morgan fingerprint density at radius 3 is 2.64 bits per heavy atom. The zero-order valence-corrected chi connectivity index (χ0v) is 7.94. The number of hydrogen-bond acceptors (Lipinski definition) is 5. The summed E-state index contributed by atoms with van der Waals surface area (Å²) in [6, 6.07) is 7.19. The van der Waals surface area contributed by atoms with Crippen LogP contribution in [0.5, 0.6) is 0 Å². The van der Waals surface area contributed by atoms with Gasteiger partial charge in [0.15, 0.2) is 0 Å². The number of nitrogens with zero attached hydrogens (tertiary/aromatic N) is 1. The van der Waals surface area contributed by atoms with Crippen molar-refractivity contribution in [2.24, 2.45) is 0 Å². The molecule has 0 N–H and O–H groups in total. The van der Waals surface area contributed by atoms with Crippen LogP contribution in [-0.2, 0) is 10.8 Å². The molecule has 0 bridgehead atoms. The molecule has 0 spiro atoms. The van der Waals surface area contributed by atoms with E-state index in [4.69, 9.17) is 0 Å². The number of para-hydroxylation sites is 1. The highest BCUT2D eigenvalue weighted by Crippen LogP contribution is 2.28. The highest BCUT2D eigenvalue weighted by molar-refractivity contribution is 5.55. The van der Waals surface area contributed by atoms with Gasteiger partial charge in [-0.2, -0.15) is 14.0 Å². The lowest BCUT2D eigenvalue weighted by Crippen LogP contribution is -2.63. The van der Waals surface area contributed by atoms with Gasteiger partial charge in [-0.3, -0.25) is 0 Å². The van der Waals surface area contributed by atoms with Crippen LogP contribution < -0.4 is 19.0 Å². The molecule has 0 saturated carbocycles. The number of rotatable bonds is 2. The number of hydrogen-bond donors (Lipinski definition) is 0. The highest BCUT2D eigenvalue weighted by Gasteiger charge is 2.32. The first kappa shape index (κ1) is 9.70. The van der Waals surface area contributed by atoms with E-state index in [9.17, 15) is 14.0 Å². The Kier molecular flexibility index (Phi) is 2.34. The summed E-state index contributed by atoms with van der Waals surface area (Å²) >= 11 is 0. The average molecular weight is 218 g/mol. The van der Waals surface area contributed by atoms with Crippen molar-refractivity contribution < 1.29 is 28.6 Å². The largest absolute Gasteiger partial charge is 0.210 e. The van der Waals surface area contributed by atoms with Crippen molar-refractivity contribution >= 4 is 5.69 Å². The topological polar surface area (TPSA) is 81.6 Å². The molecular weight excluding hydrogens is 210 g/mol. The molecule has 0 saturated heterocycles. The first-order valence-electron chi connectivity index (χ1n) is 4.02. The minimum Gasteiger partial charge on any atom is -0.180 e. The number of halogens is 1. The van der Waals surface area contributed by atoms with Gasteiger partial charge in [0, 0.05) is 0 Å². The van der Waals surface area contributed by atoms with Crippen molar-refractivity contribution in [1.82, 2.24) is 0 Å². The van der Waals surface area contributed by atoms with Gasteiger partial charge in [-0.15, -0.1) is 5.06 Å². The summed E-state index contributed by atoms with van der Waals surface area (Å²) in [5, 5.41) is 1.10. The molecule has 1 aliphatic rings. The van der Waals surface area contributed by atoms with Gasteiger partial charge in [0.2, 0.25) is 4.39 Å². The van der Waals surface area contributed by atoms with Crippen molar-refractivity contribution in [3.8, 4) is 0 Å². The van der Waals surface area contributed by atoms with Crippen LogP contribution in [0.3, 0.4) is 0 Å². The van der Waals surface area contributed by atoms with Crippen molar-refractivity contribution in [3.63, 3.8) is 0 Å². The predicted molar refractivity (Wildman–Crippen MR) is 38.6 cm³/mol. The lowest BCUT2D eigenvalue weighted by Gasteiger charge is -2.17. The summed E-state index contributed by atoms with van der Waals surface area (Å²) in [6.07, 6.45) is 0.682. The number of fused-ring (bicyclic) bond motifs is 1. The molecule has 1 aliphatic heterocycles. The Balaban J connectivity index is 2.18. The molecular formula is C8H8ClNO4. The van der Waals surface area contributed by atoms with Crippen LogP contribution >= 0.6 is 0 Å². The van der Waals surface area contributed by atoms with E-state index in [-0.39, 0.29) is 0 Å². The Morgan fingerprint density at radius 1 is 1.21 bits per heavy atom. The van der Waals surface area contributed by atoms with E-state index >= 15 is 0 Å². The van der Waals surface area contributed by atoms with Gasteiger partial charge >= 0.3 is 0 Å². The molecule has 1 heterocycles. The smallest absolute Gasteiger partial charge is 0.180 e. The van der Waals surface area contributed by atoms with Gasteiger partial charge in [-0.25, -0.2) is 0 Å². The SMILES string of the molecule is [O-][Cl+3]([O-])([O-])ON1CCc2ccccc21. The monoisotopic (exact) mass is 217 g/mol. The van der Waals surface area contributed by atoms with Gasteiger partial charge in [-0.1, -0.05) is 18.2 Å². The van der Waals surface area contributed by atoms with E-state index in [2.05, 4.69) is 4.39 Å². The van der Waals surface area contributed by atoms with E-state index in [1.807, 2.05) is 12.1 Å². The van der Waals surface area contributed by atoms with Gasteiger partial charge in [-0.05, 0) is 18.1 Å². The van der Waals surface area contributed by atoms with Crippen molar-refractivity contribution in [3.05, 3.63) is 29.8 Å². The molecule has 0 radical (unpaired) electrons. The summed E-state index contributed by atoms with van der Waals surface area (Å²) in [7, 11) is -4.40. The van der Waals surface area contributed by atoms with E-state index < -0.39 is 10.2 Å². The van der Waals surface area contributed by atoms with Crippen LogP contribution in [0.2, 0.25) is 0 Å². The third-order valence-electron chi connectivity index (χ3n) is 2.01. The van der Waals surface area contributed by atoms with Crippen molar-refractivity contribution in [1.29, 1.82) is 0 Å². The molecule has 0 aliphatic carbocycles. The van der Waals surface area contributed by atoms with E-state index in [1.54, 1.807) is 12.1 Å². The quantitative estimate of drug-likeness (QED) is 0.566. The van der Waals surface area contributed by atoms with Crippen LogP contribution in [0.4, 0.5) is 5.69 Å². The molecule has 6 heteroatoms. The van der Waals surface area contributed by atoms with Crippen LogP contribution in [0, 0.1) is 10.2 Å². The Labute approximate surface area is 82.8 Å². The summed E-state index contributed by atoms with van der Waals surface area (Å²) < 4.78 is 35.3. The minimum absolute atomic E-state index is 0.383. The highest BCUT2D eigenvalue weighted by atomic mass is 35.7. The molecule has 0 fully saturated rings. The van der Waals surface area contributed by atoms with Crippen LogP contribution in [0.15, 0.2) is 24.3 Å². The number of benzene rings is 1. The summed E-state index contributed by atoms with van der Waals surface area (Å²) in [4.78, 5) is 0. The first-order valence-corrected chi connectivity index (χ1v) is 5.25. The van der Waals surface area contributed by atoms with Crippen LogP contribution in [-0.4, -0.2) is 6.54 Å². The second-order valence-corrected chi connectivity index (χ2v) is 3.82. The van der Waals surface area contributed by atoms with Crippen molar-refractivity contribution in [2.45, 2.75) is 6.42 Å². The lowest BCUT2D eigenvalue weighted by atomic mass is 10.2. The number of hydroxylamine groups is 1. The molecule has 1 aromatic rings. The molecule has 0 unspecified atom stereocenters. The van der Waals surface area contributed by atoms with Crippen LogP contribution in [0.25, 0.3) is 0 Å². The Bertz CT molecular complexity index is 338. The third kappa shape index (κ3) is 1.97. The second kappa shape index (κ2) is 3.38. The maximum atomic E-state index is 10.3. The fraction of sp³-hybridized carbons (Fsp3) is 0.250. The number of anilines is 1. The van der Waals surface area contributed by atoms with Crippen LogP contribution in [0.1, 0.15) is 5.56 Å². The molecule has 0 amide bonds. The molecule has 76 valence electrons. The fourth-order valence-corrected chi connectivity index (χ4v) is 1.83. The first-order chi connectivity index (χ1) is 6.56. The summed E-state index contributed by atoms with van der Waals surface area (Å²) in [5.74, 6) is 0. The summed E-state index contributed by atoms with van der Waals surface area (Å²) in [6.45, 7) is 0.383. The molecule has 1 aromatic carbocycles. The third-order valence-corrected chi connectivity index (χ3v) is 2.35. The molecule has 5 nitrogen and oxygen atoms in total. The van der Waals surface area contributed by atoms with Gasteiger partial charge in [0.05, 0.1) is 12.2 Å². The van der Waals surface area contributed by atoms with E-state index in [1.165, 1.54) is 0 Å². The molecule has 2 rings (SSSR count). The van der Waals surface area contributed by atoms with Gasteiger partial charge < -0.3 is 0 Å². The van der Waals surface area contributed by atoms with E-state index in [0.29, 0.717) is 18.7 Å². The van der Waals surface area contributed by atoms with Crippen molar-refractivity contribution in [2.75, 3.05) is 11.6 Å². The normalized spacial score (nSPS) is 15.8. The molecule has 0 atom stereocenters. The van der Waals surface area contributed by atoms with E-state index in [0.717, 1.165) is 10.6 Å². The minimum atomic E-state index is -4.40. The summed E-state index contributed by atoms with van der Waals surface area (Å²) in [5.41, 5.74) is 1.62. The Hall–Kier alpha value is -0.850. The van der Waals surface area contributed by atoms with Gasteiger partial charge in [0.25, 0.3) is 0 Å².